The number of carboxylic acid groups (broad SMARTS) is 1. The fraction of sp³-hybridized carbons (Fsp3) is 0.800. The van der Waals surface area contributed by atoms with Gasteiger partial charge in [-0.05, 0) is 32.6 Å². The molecule has 0 aromatic carbocycles. The Balaban J connectivity index is 1.37. The van der Waals surface area contributed by atoms with E-state index in [1.54, 1.807) is 6.92 Å². The molecule has 2 bridgehead atoms. The van der Waals surface area contributed by atoms with Crippen LogP contribution in [-0.2, 0) is 44.3 Å². The first-order valence-corrected chi connectivity index (χ1v) is 22.6. The van der Waals surface area contributed by atoms with Gasteiger partial charge in [0.05, 0.1) is 35.5 Å². The quantitative estimate of drug-likeness (QED) is 0.0597. The van der Waals surface area contributed by atoms with Gasteiger partial charge in [-0.2, -0.15) is 16.8 Å². The number of carbonyl (C=O) groups excluding carboxylic acids is 3. The van der Waals surface area contributed by atoms with Crippen molar-refractivity contribution in [3.63, 3.8) is 0 Å². The predicted octanol–water partition coefficient (Wildman–Crippen LogP) is -3.88. The molecule has 304 valence electrons. The molecule has 6 heterocycles. The second-order valence-electron chi connectivity index (χ2n) is 15.1. The maximum Gasteiger partial charge on any atom is 0.371 e. The average molecular weight is 841 g/mol. The van der Waals surface area contributed by atoms with E-state index in [0.717, 1.165) is 4.90 Å². The molecule has 0 radical (unpaired) electrons. The highest BCUT2D eigenvalue weighted by Crippen LogP contribution is 2.57. The first-order valence-electron chi connectivity index (χ1n) is 17.6. The van der Waals surface area contributed by atoms with Crippen molar-refractivity contribution in [1.29, 1.82) is 0 Å². The number of nitrogens with two attached hydrogens (primary N) is 2. The first kappa shape index (κ1) is 41.5. The van der Waals surface area contributed by atoms with Gasteiger partial charge < -0.3 is 35.6 Å². The number of amides is 2. The molecular formula is C30H48N8O12S4. The lowest BCUT2D eigenvalue weighted by molar-refractivity contribution is -0.221. The molecule has 5 saturated heterocycles. The Labute approximate surface area is 321 Å². The largest absolute Gasteiger partial charge is 0.477 e. The molecule has 11 N–H and O–H groups in total. The molecular weight excluding hydrogens is 793 g/mol. The summed E-state index contributed by atoms with van der Waals surface area (Å²) in [6.45, 7) is 7.09. The molecule has 24 heteroatoms. The second-order valence-corrected chi connectivity index (χ2v) is 20.6. The number of nitrogens with zero attached hydrogens (tertiary/aromatic N) is 2. The third-order valence-corrected chi connectivity index (χ3v) is 15.8. The van der Waals surface area contributed by atoms with E-state index in [1.165, 1.54) is 42.3 Å². The lowest BCUT2D eigenvalue weighted by Crippen LogP contribution is -2.70. The zero-order valence-corrected chi connectivity index (χ0v) is 33.2. The molecule has 0 spiro atoms. The van der Waals surface area contributed by atoms with Crippen molar-refractivity contribution in [2.75, 3.05) is 26.2 Å². The van der Waals surface area contributed by atoms with E-state index in [1.807, 2.05) is 6.92 Å². The van der Waals surface area contributed by atoms with Gasteiger partial charge in [0.15, 0.2) is 0 Å². The van der Waals surface area contributed by atoms with Crippen molar-refractivity contribution in [2.45, 2.75) is 98.4 Å². The van der Waals surface area contributed by atoms with E-state index in [-0.39, 0.29) is 41.4 Å². The van der Waals surface area contributed by atoms with Crippen LogP contribution in [0.4, 0.5) is 0 Å². The molecule has 2 amide bonds. The molecule has 5 fully saturated rings. The summed E-state index contributed by atoms with van der Waals surface area (Å²) in [5.74, 6) is -7.36. The van der Waals surface area contributed by atoms with Crippen LogP contribution < -0.4 is 30.4 Å². The molecule has 20 nitrogen and oxygen atoms in total. The number of β-lactam (4-membered cyclic amide) rings is 1. The van der Waals surface area contributed by atoms with E-state index in [9.17, 15) is 46.5 Å². The summed E-state index contributed by atoms with van der Waals surface area (Å²) in [7, 11) is -7.90. The topological polar surface area (TPSA) is 313 Å². The lowest BCUT2D eigenvalue weighted by Gasteiger charge is -2.49. The Kier molecular flexibility index (Phi) is 11.5. The number of nitrogens with one attached hydrogen (secondary N) is 4. The Morgan fingerprint density at radius 2 is 1.48 bits per heavy atom. The van der Waals surface area contributed by atoms with Crippen molar-refractivity contribution >= 4 is 67.7 Å². The van der Waals surface area contributed by atoms with Crippen LogP contribution in [0.15, 0.2) is 10.6 Å². The summed E-state index contributed by atoms with van der Waals surface area (Å²) in [5.41, 5.74) is -2.63. The number of aliphatic hydroxyl groups excluding tert-OH is 2. The van der Waals surface area contributed by atoms with Crippen molar-refractivity contribution < 1.29 is 56.1 Å². The van der Waals surface area contributed by atoms with Gasteiger partial charge in [-0.1, -0.05) is 13.8 Å². The molecule has 0 saturated carbocycles. The number of rotatable bonds is 14. The monoisotopic (exact) mass is 840 g/mol. The molecule has 54 heavy (non-hydrogen) atoms. The van der Waals surface area contributed by atoms with Crippen molar-refractivity contribution in [3.8, 4) is 0 Å². The number of fused-ring (bicyclic) bond motifs is 3. The Hall–Kier alpha value is -2.10. The molecule has 0 aromatic rings. The third kappa shape index (κ3) is 7.41. The van der Waals surface area contributed by atoms with Crippen molar-refractivity contribution in [2.24, 2.45) is 33.9 Å². The molecule has 0 aromatic heterocycles. The van der Waals surface area contributed by atoms with Gasteiger partial charge >= 0.3 is 11.9 Å². The fourth-order valence-corrected chi connectivity index (χ4v) is 13.2. The summed E-state index contributed by atoms with van der Waals surface area (Å²) >= 11 is 2.50. The molecule has 6 rings (SSSR count). The third-order valence-electron chi connectivity index (χ3n) is 11.4. The van der Waals surface area contributed by atoms with Crippen LogP contribution in [0.3, 0.4) is 0 Å². The van der Waals surface area contributed by atoms with E-state index in [2.05, 4.69) is 20.1 Å². The van der Waals surface area contributed by atoms with Gasteiger partial charge in [-0.15, -0.1) is 23.5 Å². The average Bonchev–Trinajstić information content (AvgIpc) is 3.79. The van der Waals surface area contributed by atoms with Crippen molar-refractivity contribution in [1.82, 2.24) is 29.9 Å². The molecule has 6 aliphatic heterocycles. The van der Waals surface area contributed by atoms with Gasteiger partial charge in [0.2, 0.25) is 5.91 Å². The highest BCUT2D eigenvalue weighted by Gasteiger charge is 2.74. The highest BCUT2D eigenvalue weighted by atomic mass is 32.2. The maximum absolute atomic E-state index is 15.3. The van der Waals surface area contributed by atoms with Crippen LogP contribution in [0.25, 0.3) is 0 Å². The summed E-state index contributed by atoms with van der Waals surface area (Å²) in [4.78, 5) is 59.0. The summed E-state index contributed by atoms with van der Waals surface area (Å²) in [6.07, 6.45) is -1.57. The van der Waals surface area contributed by atoms with Crippen molar-refractivity contribution in [3.05, 3.63) is 10.6 Å². The number of ether oxygens (including phenoxy) is 1. The Morgan fingerprint density at radius 3 is 2.00 bits per heavy atom. The number of thioether (sulfide) groups is 2. The number of carboxylic acids is 1. The number of aliphatic hydroxyl groups is 2. The van der Waals surface area contributed by atoms with Crippen LogP contribution in [0.2, 0.25) is 0 Å². The summed E-state index contributed by atoms with van der Waals surface area (Å²) in [5, 5.41) is 47.6. The number of esters is 1. The predicted molar refractivity (Wildman–Crippen MR) is 195 cm³/mol. The summed E-state index contributed by atoms with van der Waals surface area (Å²) < 4.78 is 56.3. The maximum atomic E-state index is 15.3. The zero-order chi connectivity index (χ0) is 39.8. The smallest absolute Gasteiger partial charge is 0.371 e. The second kappa shape index (κ2) is 15.0. The minimum Gasteiger partial charge on any atom is -0.477 e. The first-order chi connectivity index (χ1) is 25.1. The Morgan fingerprint density at radius 1 is 0.944 bits per heavy atom. The molecule has 1 unspecified atom stereocenters. The summed E-state index contributed by atoms with van der Waals surface area (Å²) in [6, 6.07) is -2.43. The van der Waals surface area contributed by atoms with Crippen LogP contribution in [-0.4, -0.2) is 150 Å². The van der Waals surface area contributed by atoms with E-state index in [0.29, 0.717) is 30.8 Å². The number of carbonyl (C=O) groups is 4. The van der Waals surface area contributed by atoms with E-state index in [4.69, 9.17) is 15.0 Å². The van der Waals surface area contributed by atoms with Gasteiger partial charge in [-0.25, -0.2) is 24.5 Å². The van der Waals surface area contributed by atoms with E-state index < -0.39 is 103 Å². The normalized spacial score (nSPS) is 39.1. The molecule has 0 aliphatic carbocycles. The SMILES string of the molecule is C[C@@H](O)[C@H]1C(=O)N2C(C(=O)N3[C@H]4[C@@H]([C@@H](C)O)C(=O)O[C@]3(C(=O)O)C(S[C@@H]3CN[C@H](CNS(N)(=O)=O)C3)[C@@H]4C)=C(S[C@@H]3CN[C@H](CNS(N)(=O)=O)C3)[C@H](C)[C@H]12. The molecule has 6 aliphatic rings. The van der Waals surface area contributed by atoms with Crippen LogP contribution in [0.1, 0.15) is 40.5 Å². The van der Waals surface area contributed by atoms with E-state index >= 15 is 4.79 Å². The fourth-order valence-electron chi connectivity index (χ4n) is 9.02. The number of hydrogen-bond acceptors (Lipinski definition) is 15. The van der Waals surface area contributed by atoms with Gasteiger partial charge in [0.25, 0.3) is 32.1 Å². The minimum atomic E-state index is -3.96. The number of hydrogen-bond donors (Lipinski definition) is 9. The number of aliphatic carboxylic acids is 1. The van der Waals surface area contributed by atoms with Gasteiger partial charge in [0.1, 0.15) is 11.6 Å². The standard InChI is InChI=1S/C30H48N8O12S4/c1-11-21-19(13(3)39)26(41)37(21)23(24(11)51-17-5-15(33-9-17)7-35-53(31,46)47)27(42)38-22-12(2)25(30(38,29(44)45)50-28(43)20(22)14(4)40)52-18-6-16(34-10-18)8-36-54(32,48)49/h11-22,25,33-36,39-40H,5-10H2,1-4H3,(H,44,45)(H2,31,46,47)(H2,32,48,49)/t11-,12-,13-,14-,15+,16+,17+,18+,19-,20-,21-,22-,25?,30+/m1/s1. The van der Waals surface area contributed by atoms with Crippen LogP contribution in [0.5, 0.6) is 0 Å². The Bertz CT molecular complexity index is 1820. The van der Waals surface area contributed by atoms with Gasteiger partial charge in [-0.3, -0.25) is 19.3 Å². The highest BCUT2D eigenvalue weighted by molar-refractivity contribution is 8.03. The zero-order valence-electron chi connectivity index (χ0n) is 29.9. The van der Waals surface area contributed by atoms with Crippen LogP contribution in [0, 0.1) is 23.7 Å². The van der Waals surface area contributed by atoms with Crippen LogP contribution >= 0.6 is 23.5 Å². The van der Waals surface area contributed by atoms with Gasteiger partial charge in [0, 0.05) is 59.6 Å². The molecule has 14 atom stereocenters. The minimum absolute atomic E-state index is 0.0162. The lowest BCUT2D eigenvalue weighted by atomic mass is 9.79.